The van der Waals surface area contributed by atoms with Crippen molar-refractivity contribution in [1.29, 1.82) is 0 Å². The van der Waals surface area contributed by atoms with Gasteiger partial charge in [0.25, 0.3) is 0 Å². The van der Waals surface area contributed by atoms with Crippen molar-refractivity contribution in [3.63, 3.8) is 0 Å². The Hall–Kier alpha value is -1.19. The molecule has 0 N–H and O–H groups in total. The molecule has 2 nitrogen and oxygen atoms in total. The second-order valence-corrected chi connectivity index (χ2v) is 8.57. The summed E-state index contributed by atoms with van der Waals surface area (Å²) < 4.78 is 8.56. The van der Waals surface area contributed by atoms with Crippen molar-refractivity contribution >= 4 is 0 Å². The lowest BCUT2D eigenvalue weighted by atomic mass is 9.86. The number of hydrogen-bond acceptors (Lipinski definition) is 1. The Labute approximate surface area is 183 Å². The van der Waals surface area contributed by atoms with Crippen molar-refractivity contribution in [3.05, 3.63) is 66.0 Å². The molecular weight excluding hydrogens is 410 g/mol. The average molecular weight is 448 g/mol. The van der Waals surface area contributed by atoms with Gasteiger partial charge in [-0.15, -0.1) is 0 Å². The van der Waals surface area contributed by atoms with E-state index in [2.05, 4.69) is 87.1 Å². The van der Waals surface area contributed by atoms with E-state index in [1.165, 1.54) is 43.2 Å². The highest BCUT2D eigenvalue weighted by Crippen LogP contribution is 2.25. The summed E-state index contributed by atoms with van der Waals surface area (Å²) in [6.45, 7) is 10.7. The quantitative estimate of drug-likeness (QED) is 0.380. The Balaban J connectivity index is 0.00000392. The molecule has 0 aliphatic rings. The average Bonchev–Trinajstić information content (AvgIpc) is 2.66. The van der Waals surface area contributed by atoms with E-state index in [9.17, 15) is 0 Å². The van der Waals surface area contributed by atoms with Crippen LogP contribution in [0.2, 0.25) is 0 Å². The lowest BCUT2D eigenvalue weighted by molar-refractivity contribution is -0.705. The van der Waals surface area contributed by atoms with Gasteiger partial charge in [-0.05, 0) is 23.0 Å². The molecule has 0 amide bonds. The van der Waals surface area contributed by atoms with Gasteiger partial charge in [0.2, 0.25) is 0 Å². The van der Waals surface area contributed by atoms with Crippen LogP contribution in [0.25, 0.3) is 0 Å². The number of nitrogens with zero attached hydrogens (tertiary/aromatic N) is 1. The van der Waals surface area contributed by atoms with E-state index in [0.29, 0.717) is 0 Å². The Kier molecular flexibility index (Phi) is 11.6. The third-order valence-electron chi connectivity index (χ3n) is 5.12. The van der Waals surface area contributed by atoms with Crippen molar-refractivity contribution in [2.75, 3.05) is 6.61 Å². The SMILES string of the molecule is CCCCCCCCOC(C[n+]1ccccc1)c1ccc(C(C)(C)C)cc1.[Br-]. The largest absolute Gasteiger partial charge is 1.00 e. The zero-order valence-electron chi connectivity index (χ0n) is 18.2. The van der Waals surface area contributed by atoms with Gasteiger partial charge in [0.05, 0.1) is 0 Å². The Morgan fingerprint density at radius 2 is 1.46 bits per heavy atom. The van der Waals surface area contributed by atoms with Crippen LogP contribution in [0.15, 0.2) is 54.9 Å². The van der Waals surface area contributed by atoms with E-state index in [1.54, 1.807) is 0 Å². The topological polar surface area (TPSA) is 13.1 Å². The van der Waals surface area contributed by atoms with Crippen molar-refractivity contribution in [2.24, 2.45) is 0 Å². The van der Waals surface area contributed by atoms with E-state index in [-0.39, 0.29) is 28.5 Å². The molecule has 0 bridgehead atoms. The van der Waals surface area contributed by atoms with Crippen LogP contribution < -0.4 is 21.5 Å². The Bertz CT molecular complexity index is 634. The highest BCUT2D eigenvalue weighted by molar-refractivity contribution is 5.28. The van der Waals surface area contributed by atoms with Gasteiger partial charge in [0, 0.05) is 18.7 Å². The minimum absolute atomic E-state index is 0. The normalized spacial score (nSPS) is 12.4. The molecule has 1 heterocycles. The third-order valence-corrected chi connectivity index (χ3v) is 5.12. The molecule has 3 heteroatoms. The molecule has 1 aromatic carbocycles. The molecule has 1 aromatic heterocycles. The standard InChI is InChI=1S/C25H38NO.BrH/c1-5-6-7-8-9-13-20-27-24(21-26-18-11-10-12-19-26)22-14-16-23(17-15-22)25(2,3)4;/h10-12,14-19,24H,5-9,13,20-21H2,1-4H3;1H/q+1;/p-1. The van der Waals surface area contributed by atoms with Crippen molar-refractivity contribution < 1.29 is 26.3 Å². The number of pyridine rings is 1. The lowest BCUT2D eigenvalue weighted by Gasteiger charge is -2.21. The molecule has 1 unspecified atom stereocenters. The van der Waals surface area contributed by atoms with Gasteiger partial charge in [0.15, 0.2) is 18.9 Å². The summed E-state index contributed by atoms with van der Waals surface area (Å²) in [4.78, 5) is 0. The Morgan fingerprint density at radius 3 is 2.07 bits per heavy atom. The zero-order valence-corrected chi connectivity index (χ0v) is 19.7. The molecule has 0 spiro atoms. The molecule has 0 saturated carbocycles. The predicted octanol–water partition coefficient (Wildman–Crippen LogP) is 3.39. The van der Waals surface area contributed by atoms with Gasteiger partial charge in [-0.3, -0.25) is 0 Å². The second kappa shape index (κ2) is 13.1. The first-order valence-electron chi connectivity index (χ1n) is 10.7. The smallest absolute Gasteiger partial charge is 0.178 e. The van der Waals surface area contributed by atoms with Crippen LogP contribution in [0.3, 0.4) is 0 Å². The summed E-state index contributed by atoms with van der Waals surface area (Å²) in [6, 6.07) is 15.2. The summed E-state index contributed by atoms with van der Waals surface area (Å²) in [5.41, 5.74) is 2.82. The lowest BCUT2D eigenvalue weighted by Crippen LogP contribution is -3.00. The number of unbranched alkanes of at least 4 members (excludes halogenated alkanes) is 5. The van der Waals surface area contributed by atoms with Crippen molar-refractivity contribution in [2.45, 2.75) is 84.3 Å². The summed E-state index contributed by atoms with van der Waals surface area (Å²) in [5.74, 6) is 0. The maximum atomic E-state index is 6.34. The van der Waals surface area contributed by atoms with Crippen LogP contribution in [0, 0.1) is 0 Å². The second-order valence-electron chi connectivity index (χ2n) is 8.57. The highest BCUT2D eigenvalue weighted by Gasteiger charge is 2.19. The van der Waals surface area contributed by atoms with Gasteiger partial charge >= 0.3 is 0 Å². The van der Waals surface area contributed by atoms with E-state index in [1.807, 2.05) is 0 Å². The number of ether oxygens (including phenoxy) is 1. The first-order chi connectivity index (χ1) is 13.0. The number of rotatable bonds is 11. The van der Waals surface area contributed by atoms with Crippen LogP contribution in [0.1, 0.15) is 83.5 Å². The summed E-state index contributed by atoms with van der Waals surface area (Å²) in [5, 5.41) is 0. The van der Waals surface area contributed by atoms with E-state index < -0.39 is 0 Å². The van der Waals surface area contributed by atoms with Gasteiger partial charge in [-0.2, -0.15) is 0 Å². The monoisotopic (exact) mass is 447 g/mol. The molecule has 2 aromatic rings. The number of halogens is 1. The molecule has 1 atom stereocenters. The fourth-order valence-corrected chi connectivity index (χ4v) is 3.31. The van der Waals surface area contributed by atoms with Crippen LogP contribution in [-0.4, -0.2) is 6.61 Å². The maximum absolute atomic E-state index is 6.34. The highest BCUT2D eigenvalue weighted by atomic mass is 79.9. The van der Waals surface area contributed by atoms with Gasteiger partial charge in [-0.1, -0.05) is 90.1 Å². The fourth-order valence-electron chi connectivity index (χ4n) is 3.31. The van der Waals surface area contributed by atoms with Gasteiger partial charge < -0.3 is 21.7 Å². The minimum Gasteiger partial charge on any atom is -1.00 e. The molecule has 0 aliphatic carbocycles. The first-order valence-corrected chi connectivity index (χ1v) is 10.7. The molecule has 0 saturated heterocycles. The molecule has 2 rings (SSSR count). The van der Waals surface area contributed by atoms with Crippen LogP contribution in [-0.2, 0) is 16.7 Å². The molecule has 0 radical (unpaired) electrons. The van der Waals surface area contributed by atoms with Crippen LogP contribution in [0.5, 0.6) is 0 Å². The van der Waals surface area contributed by atoms with Crippen molar-refractivity contribution in [1.82, 2.24) is 0 Å². The zero-order chi connectivity index (χ0) is 19.5. The minimum atomic E-state index is 0. The van der Waals surface area contributed by atoms with Crippen molar-refractivity contribution in [3.8, 4) is 0 Å². The maximum Gasteiger partial charge on any atom is 0.178 e. The number of hydrogen-bond donors (Lipinski definition) is 0. The fraction of sp³-hybridized carbons (Fsp3) is 0.560. The summed E-state index contributed by atoms with van der Waals surface area (Å²) in [7, 11) is 0. The number of aromatic nitrogens is 1. The van der Waals surface area contributed by atoms with E-state index in [0.717, 1.165) is 19.6 Å². The molecule has 0 aliphatic heterocycles. The first kappa shape index (κ1) is 24.8. The summed E-state index contributed by atoms with van der Waals surface area (Å²) in [6.07, 6.45) is 12.1. The van der Waals surface area contributed by atoms with Crippen LogP contribution >= 0.6 is 0 Å². The van der Waals surface area contributed by atoms with Gasteiger partial charge in [-0.25, -0.2) is 4.57 Å². The Morgan fingerprint density at radius 1 is 0.857 bits per heavy atom. The van der Waals surface area contributed by atoms with E-state index >= 15 is 0 Å². The van der Waals surface area contributed by atoms with E-state index in [4.69, 9.17) is 4.74 Å². The molecule has 0 fully saturated rings. The molecular formula is C25H38BrNO. The molecule has 28 heavy (non-hydrogen) atoms. The van der Waals surface area contributed by atoms with Crippen LogP contribution in [0.4, 0.5) is 0 Å². The summed E-state index contributed by atoms with van der Waals surface area (Å²) >= 11 is 0. The molecule has 156 valence electrons. The third kappa shape index (κ3) is 8.87. The van der Waals surface area contributed by atoms with Gasteiger partial charge in [0.1, 0.15) is 6.10 Å². The number of benzene rings is 1. The predicted molar refractivity (Wildman–Crippen MR) is 114 cm³/mol.